The Hall–Kier alpha value is -2.99. The van der Waals surface area contributed by atoms with Gasteiger partial charge in [0.25, 0.3) is 5.91 Å². The molecule has 1 fully saturated rings. The Balaban J connectivity index is 1.29. The first kappa shape index (κ1) is 19.9. The first-order valence-electron chi connectivity index (χ1n) is 10.6. The summed E-state index contributed by atoms with van der Waals surface area (Å²) in [6.07, 6.45) is 4.74. The molecule has 5 rings (SSSR count). The summed E-state index contributed by atoms with van der Waals surface area (Å²) in [6.45, 7) is 0.451. The van der Waals surface area contributed by atoms with Crippen molar-refractivity contribution >= 4 is 23.6 Å². The zero-order chi connectivity index (χ0) is 21.2. The van der Waals surface area contributed by atoms with Crippen molar-refractivity contribution in [1.29, 1.82) is 0 Å². The van der Waals surface area contributed by atoms with Crippen molar-refractivity contribution in [2.75, 3.05) is 5.75 Å². The van der Waals surface area contributed by atoms with E-state index in [4.69, 9.17) is 4.42 Å². The Bertz CT molecular complexity index is 1080. The van der Waals surface area contributed by atoms with Crippen LogP contribution >= 0.6 is 11.8 Å². The Morgan fingerprint density at radius 1 is 1.10 bits per heavy atom. The van der Waals surface area contributed by atoms with E-state index in [1.165, 1.54) is 11.1 Å². The van der Waals surface area contributed by atoms with Crippen molar-refractivity contribution in [3.8, 4) is 0 Å². The predicted octanol–water partition coefficient (Wildman–Crippen LogP) is 4.86. The average Bonchev–Trinajstić information content (AvgIpc) is 3.45. The van der Waals surface area contributed by atoms with Crippen LogP contribution in [0.15, 0.2) is 71.3 Å². The lowest BCUT2D eigenvalue weighted by atomic mass is 9.87. The first-order chi connectivity index (χ1) is 15.2. The van der Waals surface area contributed by atoms with Crippen LogP contribution in [0.4, 0.5) is 0 Å². The fourth-order valence-electron chi connectivity index (χ4n) is 4.42. The van der Waals surface area contributed by atoms with Gasteiger partial charge in [-0.3, -0.25) is 9.59 Å². The second-order valence-electron chi connectivity index (χ2n) is 8.00. The SMILES string of the molecule is O=C(N[C@@H]1CCCc2ccccc21)c1ccc([C@H]2SCC(=O)N2Cc2ccco2)cc1. The van der Waals surface area contributed by atoms with Crippen molar-refractivity contribution in [2.24, 2.45) is 0 Å². The predicted molar refractivity (Wildman–Crippen MR) is 120 cm³/mol. The van der Waals surface area contributed by atoms with E-state index >= 15 is 0 Å². The smallest absolute Gasteiger partial charge is 0.251 e. The molecule has 2 amide bonds. The molecule has 0 bridgehead atoms. The van der Waals surface area contributed by atoms with Crippen LogP contribution in [0.1, 0.15) is 57.1 Å². The number of carbonyl (C=O) groups excluding carboxylic acids is 2. The molecule has 1 N–H and O–H groups in total. The summed E-state index contributed by atoms with van der Waals surface area (Å²) in [6, 6.07) is 19.7. The van der Waals surface area contributed by atoms with Gasteiger partial charge >= 0.3 is 0 Å². The maximum Gasteiger partial charge on any atom is 0.251 e. The molecule has 6 heteroatoms. The molecule has 0 radical (unpaired) electrons. The molecule has 1 aliphatic carbocycles. The zero-order valence-corrected chi connectivity index (χ0v) is 17.9. The lowest BCUT2D eigenvalue weighted by Crippen LogP contribution is -2.31. The number of furan rings is 1. The monoisotopic (exact) mass is 432 g/mol. The quantitative estimate of drug-likeness (QED) is 0.625. The summed E-state index contributed by atoms with van der Waals surface area (Å²) < 4.78 is 5.42. The number of nitrogens with one attached hydrogen (secondary N) is 1. The largest absolute Gasteiger partial charge is 0.467 e. The molecule has 31 heavy (non-hydrogen) atoms. The molecule has 0 saturated carbocycles. The number of hydrogen-bond acceptors (Lipinski definition) is 4. The van der Waals surface area contributed by atoms with Gasteiger partial charge in [-0.25, -0.2) is 0 Å². The van der Waals surface area contributed by atoms with Crippen LogP contribution in [0.2, 0.25) is 0 Å². The first-order valence-corrected chi connectivity index (χ1v) is 11.7. The van der Waals surface area contributed by atoms with Crippen LogP contribution < -0.4 is 5.32 Å². The Labute approximate surface area is 185 Å². The van der Waals surface area contributed by atoms with Gasteiger partial charge in [0.15, 0.2) is 0 Å². The molecule has 2 atom stereocenters. The standard InChI is InChI=1S/C25H24N2O3S/c28-23-16-31-25(27(23)15-20-7-4-14-30-20)19-12-10-18(11-13-19)24(29)26-22-9-3-6-17-5-1-2-8-21(17)22/h1-2,4-5,7-8,10-14,22,25H,3,6,9,15-16H2,(H,26,29)/t22-,25-/m1/s1. The van der Waals surface area contributed by atoms with Crippen molar-refractivity contribution in [2.45, 2.75) is 37.2 Å². The van der Waals surface area contributed by atoms with Crippen LogP contribution in [0, 0.1) is 0 Å². The Morgan fingerprint density at radius 3 is 2.74 bits per heavy atom. The van der Waals surface area contributed by atoms with Gasteiger partial charge in [0.05, 0.1) is 24.6 Å². The van der Waals surface area contributed by atoms with E-state index in [0.717, 1.165) is 30.6 Å². The Morgan fingerprint density at radius 2 is 1.94 bits per heavy atom. The zero-order valence-electron chi connectivity index (χ0n) is 17.1. The van der Waals surface area contributed by atoms with Gasteiger partial charge in [-0.1, -0.05) is 36.4 Å². The van der Waals surface area contributed by atoms with Crippen molar-refractivity contribution in [3.05, 3.63) is 94.9 Å². The third kappa shape index (κ3) is 4.12. The van der Waals surface area contributed by atoms with E-state index in [1.807, 2.05) is 47.4 Å². The second kappa shape index (κ2) is 8.63. The summed E-state index contributed by atoms with van der Waals surface area (Å²) in [4.78, 5) is 27.1. The number of benzene rings is 2. The second-order valence-corrected chi connectivity index (χ2v) is 9.07. The van der Waals surface area contributed by atoms with Crippen LogP contribution in [0.3, 0.4) is 0 Å². The van der Waals surface area contributed by atoms with Crippen molar-refractivity contribution in [1.82, 2.24) is 10.2 Å². The van der Waals surface area contributed by atoms with E-state index in [0.29, 0.717) is 17.9 Å². The fourth-order valence-corrected chi connectivity index (χ4v) is 5.60. The summed E-state index contributed by atoms with van der Waals surface area (Å²) in [5, 5.41) is 3.14. The van der Waals surface area contributed by atoms with Crippen LogP contribution in [0.5, 0.6) is 0 Å². The number of aryl methyl sites for hydroxylation is 1. The summed E-state index contributed by atoms with van der Waals surface area (Å²) in [7, 11) is 0. The highest BCUT2D eigenvalue weighted by atomic mass is 32.2. The molecular formula is C25H24N2O3S. The molecular weight excluding hydrogens is 408 g/mol. The molecule has 1 aliphatic heterocycles. The van der Waals surface area contributed by atoms with E-state index in [9.17, 15) is 9.59 Å². The Kier molecular flexibility index (Phi) is 5.55. The number of nitrogens with zero attached hydrogens (tertiary/aromatic N) is 1. The van der Waals surface area contributed by atoms with Crippen molar-refractivity contribution < 1.29 is 14.0 Å². The van der Waals surface area contributed by atoms with Crippen LogP contribution in [-0.4, -0.2) is 22.5 Å². The highest BCUT2D eigenvalue weighted by molar-refractivity contribution is 8.00. The molecule has 0 spiro atoms. The van der Waals surface area contributed by atoms with Gasteiger partial charge in [0, 0.05) is 5.56 Å². The molecule has 2 aromatic carbocycles. The van der Waals surface area contributed by atoms with Gasteiger partial charge in [-0.05, 0) is 60.2 Å². The lowest BCUT2D eigenvalue weighted by Gasteiger charge is -2.26. The number of thioether (sulfide) groups is 1. The molecule has 0 unspecified atom stereocenters. The minimum absolute atomic E-state index is 0.0592. The average molecular weight is 433 g/mol. The molecule has 158 valence electrons. The number of fused-ring (bicyclic) bond motifs is 1. The number of hydrogen-bond donors (Lipinski definition) is 1. The molecule has 2 aliphatic rings. The highest BCUT2D eigenvalue weighted by Gasteiger charge is 2.33. The maximum absolute atomic E-state index is 12.9. The molecule has 5 nitrogen and oxygen atoms in total. The highest BCUT2D eigenvalue weighted by Crippen LogP contribution is 2.39. The van der Waals surface area contributed by atoms with Gasteiger partial charge < -0.3 is 14.6 Å². The maximum atomic E-state index is 12.9. The third-order valence-electron chi connectivity index (χ3n) is 6.01. The van der Waals surface area contributed by atoms with Crippen LogP contribution in [0.25, 0.3) is 0 Å². The van der Waals surface area contributed by atoms with Gasteiger partial charge in [0.1, 0.15) is 11.1 Å². The molecule has 1 saturated heterocycles. The van der Waals surface area contributed by atoms with Crippen LogP contribution in [-0.2, 0) is 17.8 Å². The topological polar surface area (TPSA) is 62.6 Å². The summed E-state index contributed by atoms with van der Waals surface area (Å²) in [5.74, 6) is 1.26. The molecule has 1 aromatic heterocycles. The van der Waals surface area contributed by atoms with Gasteiger partial charge in [0.2, 0.25) is 5.91 Å². The third-order valence-corrected chi connectivity index (χ3v) is 7.26. The van der Waals surface area contributed by atoms with E-state index in [1.54, 1.807) is 18.0 Å². The normalized spacial score (nSPS) is 20.5. The number of carbonyl (C=O) groups is 2. The fraction of sp³-hybridized carbons (Fsp3) is 0.280. The summed E-state index contributed by atoms with van der Waals surface area (Å²) in [5.41, 5.74) is 4.21. The summed E-state index contributed by atoms with van der Waals surface area (Å²) >= 11 is 1.60. The number of amides is 2. The minimum Gasteiger partial charge on any atom is -0.467 e. The van der Waals surface area contributed by atoms with E-state index in [-0.39, 0.29) is 23.2 Å². The van der Waals surface area contributed by atoms with Gasteiger partial charge in [-0.2, -0.15) is 0 Å². The van der Waals surface area contributed by atoms with E-state index < -0.39 is 0 Å². The lowest BCUT2D eigenvalue weighted by molar-refractivity contribution is -0.128. The van der Waals surface area contributed by atoms with E-state index in [2.05, 4.69) is 23.5 Å². The van der Waals surface area contributed by atoms with Gasteiger partial charge in [-0.15, -0.1) is 11.8 Å². The minimum atomic E-state index is -0.0695. The molecule has 2 heterocycles. The molecule has 3 aromatic rings. The number of rotatable bonds is 5. The van der Waals surface area contributed by atoms with Crippen molar-refractivity contribution in [3.63, 3.8) is 0 Å².